The summed E-state index contributed by atoms with van der Waals surface area (Å²) in [6.07, 6.45) is 3.16. The lowest BCUT2D eigenvalue weighted by molar-refractivity contribution is -0.116. The number of amides is 2. The Morgan fingerprint density at radius 2 is 1.85 bits per heavy atom. The van der Waals surface area contributed by atoms with Gasteiger partial charge in [0, 0.05) is 55.3 Å². The first kappa shape index (κ1) is 24.2. The highest BCUT2D eigenvalue weighted by Gasteiger charge is 2.21. The molecule has 3 aromatic rings. The molecule has 0 saturated carbocycles. The molecular weight excluding hydrogens is 442 g/mol. The van der Waals surface area contributed by atoms with Gasteiger partial charge < -0.3 is 10.2 Å². The minimum absolute atomic E-state index is 0.0113. The predicted molar refractivity (Wildman–Crippen MR) is 139 cm³/mol. The number of carbonyl (C=O) groups excluding carboxylic acids is 2. The van der Waals surface area contributed by atoms with E-state index in [4.69, 9.17) is 0 Å². The standard InChI is InChI=1S/C28H33N3O2S/c1-22-8-2-3-9-24(22)21-30-15-7-16-31(18-17-30)28(33)23-10-4-11-25(20-23)29-27(32)14-5-12-26-13-6-19-34-26/h2-4,6,8-11,13,19-20H,5,7,12,14-18,21H2,1H3,(H,29,32). The average Bonchev–Trinajstić information content (AvgIpc) is 3.25. The van der Waals surface area contributed by atoms with E-state index in [1.807, 2.05) is 29.2 Å². The Morgan fingerprint density at radius 3 is 2.68 bits per heavy atom. The van der Waals surface area contributed by atoms with Gasteiger partial charge in [0.1, 0.15) is 0 Å². The van der Waals surface area contributed by atoms with Crippen molar-refractivity contribution in [2.45, 2.75) is 39.2 Å². The van der Waals surface area contributed by atoms with E-state index in [1.54, 1.807) is 17.4 Å². The molecule has 0 aliphatic carbocycles. The maximum absolute atomic E-state index is 13.2. The second-order valence-corrected chi connectivity index (χ2v) is 9.94. The Hall–Kier alpha value is -2.96. The Labute approximate surface area is 206 Å². The number of nitrogens with one attached hydrogen (secondary N) is 1. The molecule has 1 fully saturated rings. The number of hydrogen-bond donors (Lipinski definition) is 1. The monoisotopic (exact) mass is 475 g/mol. The first-order chi connectivity index (χ1) is 16.6. The Bertz CT molecular complexity index is 1100. The summed E-state index contributed by atoms with van der Waals surface area (Å²) in [5, 5.41) is 5.02. The molecule has 6 heteroatoms. The van der Waals surface area contributed by atoms with Crippen molar-refractivity contribution in [1.29, 1.82) is 0 Å². The van der Waals surface area contributed by atoms with Crippen molar-refractivity contribution in [3.63, 3.8) is 0 Å². The van der Waals surface area contributed by atoms with Gasteiger partial charge in [0.25, 0.3) is 5.91 Å². The lowest BCUT2D eigenvalue weighted by atomic mass is 10.1. The third-order valence-corrected chi connectivity index (χ3v) is 7.27. The summed E-state index contributed by atoms with van der Waals surface area (Å²) in [5.41, 5.74) is 3.97. The van der Waals surface area contributed by atoms with Crippen LogP contribution in [0.5, 0.6) is 0 Å². The largest absolute Gasteiger partial charge is 0.337 e. The summed E-state index contributed by atoms with van der Waals surface area (Å²) < 4.78 is 0. The molecule has 0 radical (unpaired) electrons. The van der Waals surface area contributed by atoms with Gasteiger partial charge in [0.05, 0.1) is 0 Å². The lowest BCUT2D eigenvalue weighted by Gasteiger charge is -2.23. The fraction of sp³-hybridized carbons (Fsp3) is 0.357. The summed E-state index contributed by atoms with van der Waals surface area (Å²) in [7, 11) is 0. The van der Waals surface area contributed by atoms with Gasteiger partial charge in [-0.2, -0.15) is 0 Å². The van der Waals surface area contributed by atoms with E-state index in [0.29, 0.717) is 24.2 Å². The van der Waals surface area contributed by atoms with Gasteiger partial charge in [-0.15, -0.1) is 11.3 Å². The maximum atomic E-state index is 13.2. The molecule has 0 bridgehead atoms. The third kappa shape index (κ3) is 6.78. The van der Waals surface area contributed by atoms with Gasteiger partial charge in [0.15, 0.2) is 0 Å². The van der Waals surface area contributed by atoms with Crippen LogP contribution in [-0.2, 0) is 17.8 Å². The summed E-state index contributed by atoms with van der Waals surface area (Å²) in [6, 6.07) is 20.0. The molecule has 2 amide bonds. The minimum atomic E-state index is -0.0113. The molecular formula is C28H33N3O2S. The molecule has 1 saturated heterocycles. The van der Waals surface area contributed by atoms with Crippen molar-refractivity contribution in [3.8, 4) is 0 Å². The zero-order valence-electron chi connectivity index (χ0n) is 19.8. The zero-order chi connectivity index (χ0) is 23.8. The van der Waals surface area contributed by atoms with E-state index >= 15 is 0 Å². The predicted octanol–water partition coefficient (Wildman–Crippen LogP) is 5.37. The van der Waals surface area contributed by atoms with Crippen LogP contribution in [0, 0.1) is 6.92 Å². The number of carbonyl (C=O) groups is 2. The second-order valence-electron chi connectivity index (χ2n) is 8.91. The van der Waals surface area contributed by atoms with Crippen molar-refractivity contribution < 1.29 is 9.59 Å². The molecule has 1 aromatic heterocycles. The van der Waals surface area contributed by atoms with Gasteiger partial charge >= 0.3 is 0 Å². The first-order valence-electron chi connectivity index (χ1n) is 12.1. The molecule has 0 unspecified atom stereocenters. The second kappa shape index (κ2) is 12.0. The molecule has 2 aromatic carbocycles. The van der Waals surface area contributed by atoms with E-state index in [9.17, 15) is 9.59 Å². The van der Waals surface area contributed by atoms with Gasteiger partial charge in [-0.3, -0.25) is 14.5 Å². The topological polar surface area (TPSA) is 52.6 Å². The summed E-state index contributed by atoms with van der Waals surface area (Å²) in [4.78, 5) is 31.3. The van der Waals surface area contributed by atoms with E-state index in [1.165, 1.54) is 16.0 Å². The van der Waals surface area contributed by atoms with Crippen LogP contribution in [0.1, 0.15) is 45.6 Å². The van der Waals surface area contributed by atoms with Crippen molar-refractivity contribution >= 4 is 28.8 Å². The number of hydrogen-bond acceptors (Lipinski definition) is 4. The minimum Gasteiger partial charge on any atom is -0.337 e. The van der Waals surface area contributed by atoms with E-state index in [0.717, 1.165) is 45.4 Å². The number of benzene rings is 2. The van der Waals surface area contributed by atoms with Crippen molar-refractivity contribution in [2.75, 3.05) is 31.5 Å². The van der Waals surface area contributed by atoms with Crippen LogP contribution in [0.15, 0.2) is 66.0 Å². The number of thiophene rings is 1. The van der Waals surface area contributed by atoms with Crippen LogP contribution < -0.4 is 5.32 Å². The fourth-order valence-electron chi connectivity index (χ4n) is 4.37. The van der Waals surface area contributed by atoms with Crippen LogP contribution >= 0.6 is 11.3 Å². The lowest BCUT2D eigenvalue weighted by Crippen LogP contribution is -2.35. The van der Waals surface area contributed by atoms with Crippen LogP contribution in [0.2, 0.25) is 0 Å². The number of nitrogens with zero attached hydrogens (tertiary/aromatic N) is 2. The SMILES string of the molecule is Cc1ccccc1CN1CCCN(C(=O)c2cccc(NC(=O)CCCc3cccs3)c2)CC1. The summed E-state index contributed by atoms with van der Waals surface area (Å²) >= 11 is 1.72. The molecule has 0 spiro atoms. The average molecular weight is 476 g/mol. The van der Waals surface area contributed by atoms with Gasteiger partial charge in [-0.1, -0.05) is 36.4 Å². The first-order valence-corrected chi connectivity index (χ1v) is 12.9. The highest BCUT2D eigenvalue weighted by molar-refractivity contribution is 7.09. The Balaban J connectivity index is 1.29. The molecule has 1 aliphatic rings. The van der Waals surface area contributed by atoms with Gasteiger partial charge in [0.2, 0.25) is 5.91 Å². The molecule has 1 N–H and O–H groups in total. The Kier molecular flexibility index (Phi) is 8.50. The highest BCUT2D eigenvalue weighted by Crippen LogP contribution is 2.17. The number of rotatable bonds is 8. The van der Waals surface area contributed by atoms with Crippen LogP contribution in [0.3, 0.4) is 0 Å². The third-order valence-electron chi connectivity index (χ3n) is 6.33. The van der Waals surface area contributed by atoms with Crippen LogP contribution in [0.4, 0.5) is 5.69 Å². The molecule has 1 aliphatic heterocycles. The van der Waals surface area contributed by atoms with Gasteiger partial charge in [-0.05, 0) is 67.0 Å². The molecule has 178 valence electrons. The molecule has 0 atom stereocenters. The summed E-state index contributed by atoms with van der Waals surface area (Å²) in [6.45, 7) is 6.38. The van der Waals surface area contributed by atoms with Crippen molar-refractivity contribution in [2.24, 2.45) is 0 Å². The number of aryl methyl sites for hydroxylation is 2. The van der Waals surface area contributed by atoms with Crippen LogP contribution in [0.25, 0.3) is 0 Å². The zero-order valence-corrected chi connectivity index (χ0v) is 20.7. The van der Waals surface area contributed by atoms with Gasteiger partial charge in [-0.25, -0.2) is 0 Å². The van der Waals surface area contributed by atoms with Crippen molar-refractivity contribution in [3.05, 3.63) is 87.6 Å². The number of anilines is 1. The van der Waals surface area contributed by atoms with E-state index in [-0.39, 0.29) is 11.8 Å². The maximum Gasteiger partial charge on any atom is 0.253 e. The smallest absolute Gasteiger partial charge is 0.253 e. The van der Waals surface area contributed by atoms with E-state index in [2.05, 4.69) is 52.9 Å². The highest BCUT2D eigenvalue weighted by atomic mass is 32.1. The molecule has 34 heavy (non-hydrogen) atoms. The van der Waals surface area contributed by atoms with Crippen LogP contribution in [-0.4, -0.2) is 47.8 Å². The molecule has 2 heterocycles. The quantitative estimate of drug-likeness (QED) is 0.477. The summed E-state index contributed by atoms with van der Waals surface area (Å²) in [5.74, 6) is 0.0225. The van der Waals surface area contributed by atoms with E-state index < -0.39 is 0 Å². The fourth-order valence-corrected chi connectivity index (χ4v) is 5.13. The Morgan fingerprint density at radius 1 is 0.971 bits per heavy atom. The van der Waals surface area contributed by atoms with Crippen molar-refractivity contribution in [1.82, 2.24) is 9.80 Å². The molecule has 5 nitrogen and oxygen atoms in total. The normalized spacial score (nSPS) is 14.6. The molecule has 4 rings (SSSR count).